The fourth-order valence-corrected chi connectivity index (χ4v) is 2.12. The van der Waals surface area contributed by atoms with Gasteiger partial charge in [-0.3, -0.25) is 14.9 Å². The second kappa shape index (κ2) is 8.31. The normalized spacial score (nSPS) is 10.2. The molecule has 6 nitrogen and oxygen atoms in total. The van der Waals surface area contributed by atoms with Crippen molar-refractivity contribution < 1.29 is 14.5 Å². The summed E-state index contributed by atoms with van der Waals surface area (Å²) in [6, 6.07) is 10.5. The number of halogens is 1. The average molecular weight is 349 g/mol. The van der Waals surface area contributed by atoms with Gasteiger partial charge in [0, 0.05) is 17.7 Å². The monoisotopic (exact) mass is 348 g/mol. The lowest BCUT2D eigenvalue weighted by Crippen LogP contribution is -2.12. The third kappa shape index (κ3) is 4.70. The zero-order chi connectivity index (χ0) is 17.5. The molecule has 1 amide bonds. The minimum atomic E-state index is -0.547. The van der Waals surface area contributed by atoms with Crippen LogP contribution in [-0.2, 0) is 0 Å². The summed E-state index contributed by atoms with van der Waals surface area (Å²) in [6.07, 6.45) is 2.01. The van der Waals surface area contributed by atoms with Gasteiger partial charge >= 0.3 is 0 Å². The van der Waals surface area contributed by atoms with Crippen LogP contribution in [-0.4, -0.2) is 17.4 Å². The minimum absolute atomic E-state index is 0.144. The van der Waals surface area contributed by atoms with Crippen molar-refractivity contribution in [1.29, 1.82) is 0 Å². The number of anilines is 1. The van der Waals surface area contributed by atoms with E-state index in [-0.39, 0.29) is 16.4 Å². The van der Waals surface area contributed by atoms with E-state index < -0.39 is 10.8 Å². The SMILES string of the molecule is CCCCOc1ccc(C(=O)Nc2cc([N+](=O)[O-])ccc2Cl)cc1. The maximum absolute atomic E-state index is 12.2. The third-order valence-corrected chi connectivity index (χ3v) is 3.62. The number of hydrogen-bond donors (Lipinski definition) is 1. The van der Waals surface area contributed by atoms with Crippen molar-refractivity contribution in [2.24, 2.45) is 0 Å². The number of carbonyl (C=O) groups is 1. The minimum Gasteiger partial charge on any atom is -0.494 e. The predicted octanol–water partition coefficient (Wildman–Crippen LogP) is 4.68. The highest BCUT2D eigenvalue weighted by molar-refractivity contribution is 6.34. The van der Waals surface area contributed by atoms with Gasteiger partial charge in [0.25, 0.3) is 11.6 Å². The lowest BCUT2D eigenvalue weighted by atomic mass is 10.2. The lowest BCUT2D eigenvalue weighted by Gasteiger charge is -2.09. The summed E-state index contributed by atoms with van der Waals surface area (Å²) in [5.74, 6) is 0.283. The van der Waals surface area contributed by atoms with Gasteiger partial charge in [-0.15, -0.1) is 0 Å². The van der Waals surface area contributed by atoms with Crippen LogP contribution >= 0.6 is 11.6 Å². The van der Waals surface area contributed by atoms with Crippen molar-refractivity contribution in [3.05, 3.63) is 63.2 Å². The second-order valence-electron chi connectivity index (χ2n) is 5.10. The Morgan fingerprint density at radius 1 is 1.25 bits per heavy atom. The molecule has 7 heteroatoms. The van der Waals surface area contributed by atoms with E-state index in [1.807, 2.05) is 0 Å². The molecule has 0 aromatic heterocycles. The largest absolute Gasteiger partial charge is 0.494 e. The molecule has 0 aliphatic carbocycles. The van der Waals surface area contributed by atoms with Crippen LogP contribution in [0.4, 0.5) is 11.4 Å². The number of nitrogens with one attached hydrogen (secondary N) is 1. The summed E-state index contributed by atoms with van der Waals surface area (Å²) in [6.45, 7) is 2.71. The molecule has 2 aromatic carbocycles. The van der Waals surface area contributed by atoms with Crippen molar-refractivity contribution in [2.75, 3.05) is 11.9 Å². The van der Waals surface area contributed by atoms with Crippen molar-refractivity contribution in [2.45, 2.75) is 19.8 Å². The van der Waals surface area contributed by atoms with Crippen LogP contribution in [0.25, 0.3) is 0 Å². The van der Waals surface area contributed by atoms with Gasteiger partial charge < -0.3 is 10.1 Å². The van der Waals surface area contributed by atoms with E-state index in [1.54, 1.807) is 24.3 Å². The predicted molar refractivity (Wildman–Crippen MR) is 92.9 cm³/mol. The molecule has 0 atom stereocenters. The Morgan fingerprint density at radius 3 is 2.58 bits per heavy atom. The molecule has 2 aromatic rings. The number of unbranched alkanes of at least 4 members (excludes halogenated alkanes) is 1. The molecule has 24 heavy (non-hydrogen) atoms. The molecule has 0 saturated heterocycles. The quantitative estimate of drug-likeness (QED) is 0.447. The fraction of sp³-hybridized carbons (Fsp3) is 0.235. The van der Waals surface area contributed by atoms with Crippen LogP contribution in [0.1, 0.15) is 30.1 Å². The van der Waals surface area contributed by atoms with E-state index in [9.17, 15) is 14.9 Å². The van der Waals surface area contributed by atoms with Gasteiger partial charge in [-0.05, 0) is 36.8 Å². The number of nitro groups is 1. The van der Waals surface area contributed by atoms with E-state index in [4.69, 9.17) is 16.3 Å². The van der Waals surface area contributed by atoms with Gasteiger partial charge in [-0.1, -0.05) is 24.9 Å². The molecule has 0 radical (unpaired) electrons. The Bertz CT molecular complexity index is 732. The van der Waals surface area contributed by atoms with Crippen LogP contribution in [0.15, 0.2) is 42.5 Å². The Balaban J connectivity index is 2.07. The number of hydrogen-bond acceptors (Lipinski definition) is 4. The molecule has 0 spiro atoms. The van der Waals surface area contributed by atoms with Crippen LogP contribution < -0.4 is 10.1 Å². The Morgan fingerprint density at radius 2 is 1.96 bits per heavy atom. The summed E-state index contributed by atoms with van der Waals surface area (Å²) in [4.78, 5) is 22.5. The number of non-ortho nitro benzene ring substituents is 1. The molecular formula is C17H17ClN2O4. The van der Waals surface area contributed by atoms with Crippen LogP contribution in [0.3, 0.4) is 0 Å². The smallest absolute Gasteiger partial charge is 0.271 e. The van der Waals surface area contributed by atoms with Crippen LogP contribution in [0.5, 0.6) is 5.75 Å². The summed E-state index contributed by atoms with van der Waals surface area (Å²) in [5.41, 5.74) is 0.453. The van der Waals surface area contributed by atoms with Gasteiger partial charge in [-0.2, -0.15) is 0 Å². The number of nitro benzene ring substituents is 1. The summed E-state index contributed by atoms with van der Waals surface area (Å²) in [5, 5.41) is 13.6. The van der Waals surface area contributed by atoms with Gasteiger partial charge in [0.1, 0.15) is 5.75 Å². The molecule has 0 saturated carbocycles. The number of rotatable bonds is 7. The maximum Gasteiger partial charge on any atom is 0.271 e. The maximum atomic E-state index is 12.2. The molecule has 126 valence electrons. The van der Waals surface area contributed by atoms with E-state index in [0.717, 1.165) is 12.8 Å². The van der Waals surface area contributed by atoms with Gasteiger partial charge in [0.15, 0.2) is 0 Å². The summed E-state index contributed by atoms with van der Waals surface area (Å²) >= 11 is 5.97. The molecular weight excluding hydrogens is 332 g/mol. The first-order valence-electron chi connectivity index (χ1n) is 7.49. The molecule has 0 aliphatic heterocycles. The van der Waals surface area contributed by atoms with Gasteiger partial charge in [0.05, 0.1) is 22.2 Å². The van der Waals surface area contributed by atoms with E-state index in [1.165, 1.54) is 18.2 Å². The number of benzene rings is 2. The van der Waals surface area contributed by atoms with Crippen LogP contribution in [0.2, 0.25) is 5.02 Å². The molecule has 0 unspecified atom stereocenters. The van der Waals surface area contributed by atoms with E-state index >= 15 is 0 Å². The number of carbonyl (C=O) groups excluding carboxylic acids is 1. The molecule has 0 heterocycles. The number of nitrogens with zero attached hydrogens (tertiary/aromatic N) is 1. The molecule has 1 N–H and O–H groups in total. The highest BCUT2D eigenvalue weighted by Crippen LogP contribution is 2.27. The van der Waals surface area contributed by atoms with Gasteiger partial charge in [-0.25, -0.2) is 0 Å². The first kappa shape index (κ1) is 17.7. The standard InChI is InChI=1S/C17H17ClN2O4/c1-2-3-10-24-14-7-4-12(5-8-14)17(21)19-16-11-13(20(22)23)6-9-15(16)18/h4-9,11H,2-3,10H2,1H3,(H,19,21). The molecule has 0 fully saturated rings. The zero-order valence-corrected chi connectivity index (χ0v) is 13.9. The highest BCUT2D eigenvalue weighted by Gasteiger charge is 2.13. The van der Waals surface area contributed by atoms with Crippen LogP contribution in [0, 0.1) is 10.1 Å². The molecule has 2 rings (SSSR count). The average Bonchev–Trinajstić information content (AvgIpc) is 2.57. The van der Waals surface area contributed by atoms with Crippen molar-refractivity contribution in [3.63, 3.8) is 0 Å². The second-order valence-corrected chi connectivity index (χ2v) is 5.51. The zero-order valence-electron chi connectivity index (χ0n) is 13.1. The topological polar surface area (TPSA) is 81.5 Å². The summed E-state index contributed by atoms with van der Waals surface area (Å²) in [7, 11) is 0. The van der Waals surface area contributed by atoms with E-state index in [0.29, 0.717) is 17.9 Å². The Kier molecular flexibility index (Phi) is 6.14. The molecule has 0 bridgehead atoms. The first-order chi connectivity index (χ1) is 11.5. The third-order valence-electron chi connectivity index (χ3n) is 3.29. The number of ether oxygens (including phenoxy) is 1. The first-order valence-corrected chi connectivity index (χ1v) is 7.87. The van der Waals surface area contributed by atoms with Gasteiger partial charge in [0.2, 0.25) is 0 Å². The Labute approximate surface area is 144 Å². The molecule has 0 aliphatic rings. The fourth-order valence-electron chi connectivity index (χ4n) is 1.95. The Hall–Kier alpha value is -2.60. The number of amides is 1. The van der Waals surface area contributed by atoms with Crippen molar-refractivity contribution in [3.8, 4) is 5.75 Å². The lowest BCUT2D eigenvalue weighted by molar-refractivity contribution is -0.384. The summed E-state index contributed by atoms with van der Waals surface area (Å²) < 4.78 is 5.53. The van der Waals surface area contributed by atoms with E-state index in [2.05, 4.69) is 12.2 Å². The highest BCUT2D eigenvalue weighted by atomic mass is 35.5. The van der Waals surface area contributed by atoms with Crippen molar-refractivity contribution >= 4 is 28.9 Å². The van der Waals surface area contributed by atoms with Crippen molar-refractivity contribution in [1.82, 2.24) is 0 Å².